The summed E-state index contributed by atoms with van der Waals surface area (Å²) >= 11 is 0. The van der Waals surface area contributed by atoms with Crippen LogP contribution in [0, 0.1) is 6.92 Å². The van der Waals surface area contributed by atoms with Crippen molar-refractivity contribution in [1.82, 2.24) is 4.98 Å². The molecule has 0 atom stereocenters. The summed E-state index contributed by atoms with van der Waals surface area (Å²) in [6.45, 7) is 1.93. The van der Waals surface area contributed by atoms with E-state index in [9.17, 15) is 0 Å². The smallest absolute Gasteiger partial charge is 0.222 e. The summed E-state index contributed by atoms with van der Waals surface area (Å²) in [4.78, 5) is 4.26. The van der Waals surface area contributed by atoms with Crippen LogP contribution in [0.3, 0.4) is 0 Å². The van der Waals surface area contributed by atoms with Crippen LogP contribution < -0.4 is 10.5 Å². The Morgan fingerprint density at radius 1 is 0.952 bits per heavy atom. The van der Waals surface area contributed by atoms with Crippen LogP contribution in [0.4, 0.5) is 5.69 Å². The van der Waals surface area contributed by atoms with Gasteiger partial charge >= 0.3 is 0 Å². The Balaban J connectivity index is 2.00. The standard InChI is InChI=1S/C18H16N2O/c1-13-11-15(19)12-20-18(13)21-17-10-6-5-9-16(17)14-7-3-2-4-8-14/h2-12H,19H2,1H3. The average Bonchev–Trinajstić information content (AvgIpc) is 2.51. The third kappa shape index (κ3) is 2.87. The number of hydrogen-bond acceptors (Lipinski definition) is 3. The highest BCUT2D eigenvalue weighted by atomic mass is 16.5. The van der Waals surface area contributed by atoms with Gasteiger partial charge in [-0.1, -0.05) is 48.5 Å². The molecule has 2 N–H and O–H groups in total. The molecule has 2 aromatic carbocycles. The highest BCUT2D eigenvalue weighted by Gasteiger charge is 2.09. The van der Waals surface area contributed by atoms with Crippen LogP contribution in [-0.4, -0.2) is 4.98 Å². The van der Waals surface area contributed by atoms with Gasteiger partial charge in [0, 0.05) is 11.1 Å². The molecule has 0 aliphatic rings. The van der Waals surface area contributed by atoms with Gasteiger partial charge in [0.2, 0.25) is 5.88 Å². The SMILES string of the molecule is Cc1cc(N)cnc1Oc1ccccc1-c1ccccc1. The fourth-order valence-corrected chi connectivity index (χ4v) is 2.21. The molecule has 0 spiro atoms. The van der Waals surface area contributed by atoms with Gasteiger partial charge in [-0.2, -0.15) is 0 Å². The van der Waals surface area contributed by atoms with Crippen LogP contribution in [0.2, 0.25) is 0 Å². The number of nitrogen functional groups attached to an aromatic ring is 1. The van der Waals surface area contributed by atoms with Gasteiger partial charge in [-0.3, -0.25) is 0 Å². The molecule has 0 saturated carbocycles. The molecule has 0 radical (unpaired) electrons. The second-order valence-electron chi connectivity index (χ2n) is 4.85. The van der Waals surface area contributed by atoms with E-state index in [0.717, 1.165) is 22.4 Å². The van der Waals surface area contributed by atoms with E-state index >= 15 is 0 Å². The summed E-state index contributed by atoms with van der Waals surface area (Å²) < 4.78 is 5.98. The number of ether oxygens (including phenoxy) is 1. The molecule has 0 aliphatic heterocycles. The molecule has 0 amide bonds. The molecule has 3 heteroatoms. The molecule has 0 saturated heterocycles. The Kier molecular flexibility index (Phi) is 3.56. The zero-order valence-corrected chi connectivity index (χ0v) is 11.8. The number of hydrogen-bond donors (Lipinski definition) is 1. The van der Waals surface area contributed by atoms with E-state index in [1.165, 1.54) is 0 Å². The predicted octanol–water partition coefficient (Wildman–Crippen LogP) is 4.43. The summed E-state index contributed by atoms with van der Waals surface area (Å²) in [5.74, 6) is 1.36. The van der Waals surface area contributed by atoms with Gasteiger partial charge in [-0.15, -0.1) is 0 Å². The van der Waals surface area contributed by atoms with Gasteiger partial charge in [0.15, 0.2) is 0 Å². The second-order valence-corrected chi connectivity index (χ2v) is 4.85. The van der Waals surface area contributed by atoms with E-state index in [2.05, 4.69) is 17.1 Å². The maximum absolute atomic E-state index is 5.98. The maximum atomic E-state index is 5.98. The van der Waals surface area contributed by atoms with Crippen molar-refractivity contribution in [1.29, 1.82) is 0 Å². The fourth-order valence-electron chi connectivity index (χ4n) is 2.21. The number of benzene rings is 2. The molecule has 1 heterocycles. The average molecular weight is 276 g/mol. The lowest BCUT2D eigenvalue weighted by Gasteiger charge is -2.12. The van der Waals surface area contributed by atoms with E-state index in [1.807, 2.05) is 55.5 Å². The van der Waals surface area contributed by atoms with Crippen molar-refractivity contribution in [3.8, 4) is 22.8 Å². The number of para-hydroxylation sites is 1. The van der Waals surface area contributed by atoms with E-state index in [0.29, 0.717) is 11.6 Å². The summed E-state index contributed by atoms with van der Waals surface area (Å²) in [6, 6.07) is 19.9. The Morgan fingerprint density at radius 3 is 2.43 bits per heavy atom. The van der Waals surface area contributed by atoms with E-state index in [4.69, 9.17) is 10.5 Å². The summed E-state index contributed by atoms with van der Waals surface area (Å²) in [6.07, 6.45) is 1.60. The highest BCUT2D eigenvalue weighted by Crippen LogP contribution is 2.33. The summed E-state index contributed by atoms with van der Waals surface area (Å²) in [5.41, 5.74) is 9.42. The van der Waals surface area contributed by atoms with E-state index < -0.39 is 0 Å². The molecule has 3 rings (SSSR count). The Labute approximate surface area is 124 Å². The van der Waals surface area contributed by atoms with Crippen LogP contribution in [-0.2, 0) is 0 Å². The van der Waals surface area contributed by atoms with Gasteiger partial charge in [0.25, 0.3) is 0 Å². The number of rotatable bonds is 3. The van der Waals surface area contributed by atoms with Gasteiger partial charge in [-0.25, -0.2) is 4.98 Å². The van der Waals surface area contributed by atoms with Crippen molar-refractivity contribution in [3.05, 3.63) is 72.4 Å². The van der Waals surface area contributed by atoms with Gasteiger partial charge in [0.1, 0.15) is 5.75 Å². The van der Waals surface area contributed by atoms with Crippen LogP contribution in [0.5, 0.6) is 11.6 Å². The van der Waals surface area contributed by atoms with Crippen LogP contribution in [0.15, 0.2) is 66.9 Å². The third-order valence-corrected chi connectivity index (χ3v) is 3.23. The zero-order valence-electron chi connectivity index (χ0n) is 11.8. The highest BCUT2D eigenvalue weighted by molar-refractivity contribution is 5.70. The number of aromatic nitrogens is 1. The van der Waals surface area contributed by atoms with Gasteiger partial charge < -0.3 is 10.5 Å². The van der Waals surface area contributed by atoms with Crippen molar-refractivity contribution in [2.45, 2.75) is 6.92 Å². The summed E-state index contributed by atoms with van der Waals surface area (Å²) in [5, 5.41) is 0. The number of anilines is 1. The summed E-state index contributed by atoms with van der Waals surface area (Å²) in [7, 11) is 0. The number of nitrogens with two attached hydrogens (primary N) is 1. The number of nitrogens with zero attached hydrogens (tertiary/aromatic N) is 1. The monoisotopic (exact) mass is 276 g/mol. The second kappa shape index (κ2) is 5.67. The minimum atomic E-state index is 0.576. The van der Waals surface area contributed by atoms with Crippen LogP contribution in [0.25, 0.3) is 11.1 Å². The fraction of sp³-hybridized carbons (Fsp3) is 0.0556. The minimum Gasteiger partial charge on any atom is -0.438 e. The molecule has 0 fully saturated rings. The first-order chi connectivity index (χ1) is 10.2. The van der Waals surface area contributed by atoms with E-state index in [1.54, 1.807) is 6.20 Å². The molecular formula is C18H16N2O. The van der Waals surface area contributed by atoms with Crippen molar-refractivity contribution < 1.29 is 4.74 Å². The Hall–Kier alpha value is -2.81. The minimum absolute atomic E-state index is 0.576. The van der Waals surface area contributed by atoms with Crippen LogP contribution >= 0.6 is 0 Å². The molecule has 0 unspecified atom stereocenters. The molecule has 0 bridgehead atoms. The molecule has 21 heavy (non-hydrogen) atoms. The van der Waals surface area contributed by atoms with Gasteiger partial charge in [-0.05, 0) is 24.6 Å². The number of pyridine rings is 1. The van der Waals surface area contributed by atoms with Crippen molar-refractivity contribution in [2.75, 3.05) is 5.73 Å². The molecule has 3 aromatic rings. The lowest BCUT2D eigenvalue weighted by molar-refractivity contribution is 0.461. The maximum Gasteiger partial charge on any atom is 0.222 e. The topological polar surface area (TPSA) is 48.1 Å². The molecule has 3 nitrogen and oxygen atoms in total. The zero-order chi connectivity index (χ0) is 14.7. The molecule has 0 aliphatic carbocycles. The van der Waals surface area contributed by atoms with E-state index in [-0.39, 0.29) is 0 Å². The van der Waals surface area contributed by atoms with Gasteiger partial charge in [0.05, 0.1) is 11.9 Å². The molecule has 1 aromatic heterocycles. The lowest BCUT2D eigenvalue weighted by atomic mass is 10.1. The van der Waals surface area contributed by atoms with Crippen molar-refractivity contribution in [3.63, 3.8) is 0 Å². The third-order valence-electron chi connectivity index (χ3n) is 3.23. The lowest BCUT2D eigenvalue weighted by Crippen LogP contribution is -1.95. The first-order valence-corrected chi connectivity index (χ1v) is 6.78. The predicted molar refractivity (Wildman–Crippen MR) is 85.3 cm³/mol. The van der Waals surface area contributed by atoms with Crippen molar-refractivity contribution in [2.24, 2.45) is 0 Å². The number of aryl methyl sites for hydroxylation is 1. The van der Waals surface area contributed by atoms with Crippen LogP contribution in [0.1, 0.15) is 5.56 Å². The normalized spacial score (nSPS) is 10.3. The van der Waals surface area contributed by atoms with Crippen molar-refractivity contribution >= 4 is 5.69 Å². The first-order valence-electron chi connectivity index (χ1n) is 6.78. The Bertz CT molecular complexity index is 754. The Morgan fingerprint density at radius 2 is 1.67 bits per heavy atom. The molecular weight excluding hydrogens is 260 g/mol. The largest absolute Gasteiger partial charge is 0.438 e. The first kappa shape index (κ1) is 13.2. The quantitative estimate of drug-likeness (QED) is 0.769. The molecule has 104 valence electrons.